The number of hydrogen-bond donors (Lipinski definition) is 1. The third kappa shape index (κ3) is 2.48. The van der Waals surface area contributed by atoms with Crippen molar-refractivity contribution < 1.29 is 8.42 Å². The van der Waals surface area contributed by atoms with Gasteiger partial charge in [0.1, 0.15) is 4.21 Å². The summed E-state index contributed by atoms with van der Waals surface area (Å²) in [5.41, 5.74) is 5.88. The van der Waals surface area contributed by atoms with Gasteiger partial charge in [-0.3, -0.25) is 5.43 Å². The van der Waals surface area contributed by atoms with Gasteiger partial charge in [-0.2, -0.15) is 5.10 Å². The van der Waals surface area contributed by atoms with Gasteiger partial charge in [-0.15, -0.1) is 11.3 Å². The molecular formula is C14H14N2O2S2. The van der Waals surface area contributed by atoms with Gasteiger partial charge in [0.15, 0.2) is 9.84 Å². The molecular weight excluding hydrogens is 292 g/mol. The van der Waals surface area contributed by atoms with Crippen LogP contribution in [0.2, 0.25) is 0 Å². The van der Waals surface area contributed by atoms with E-state index >= 15 is 0 Å². The third-order valence-electron chi connectivity index (χ3n) is 3.22. The summed E-state index contributed by atoms with van der Waals surface area (Å²) in [7, 11) is -3.09. The van der Waals surface area contributed by atoms with Gasteiger partial charge in [0, 0.05) is 5.56 Å². The van der Waals surface area contributed by atoms with Crippen LogP contribution >= 0.6 is 11.3 Å². The van der Waals surface area contributed by atoms with Crippen molar-refractivity contribution in [3.8, 4) is 0 Å². The molecule has 0 saturated carbocycles. The van der Waals surface area contributed by atoms with Crippen LogP contribution in [-0.4, -0.2) is 14.2 Å². The first-order valence-corrected chi connectivity index (χ1v) is 8.79. The molecule has 104 valence electrons. The van der Waals surface area contributed by atoms with Gasteiger partial charge in [0.2, 0.25) is 0 Å². The zero-order valence-electron chi connectivity index (χ0n) is 11.0. The van der Waals surface area contributed by atoms with Crippen LogP contribution < -0.4 is 10.8 Å². The molecule has 0 amide bonds. The number of anilines is 1. The number of rotatable bonds is 2. The molecule has 1 aromatic carbocycles. The van der Waals surface area contributed by atoms with E-state index in [-0.39, 0.29) is 5.75 Å². The van der Waals surface area contributed by atoms with Crippen LogP contribution in [0.1, 0.15) is 11.1 Å². The monoisotopic (exact) mass is 306 g/mol. The van der Waals surface area contributed by atoms with Crippen LogP contribution in [0.4, 0.5) is 5.69 Å². The summed E-state index contributed by atoms with van der Waals surface area (Å²) in [5.74, 6) is 0.190. The lowest BCUT2D eigenvalue weighted by Crippen LogP contribution is -2.10. The van der Waals surface area contributed by atoms with E-state index in [4.69, 9.17) is 0 Å². The maximum absolute atomic E-state index is 11.9. The molecule has 20 heavy (non-hydrogen) atoms. The van der Waals surface area contributed by atoms with Gasteiger partial charge >= 0.3 is 0 Å². The number of nitrogens with one attached hydrogen (secondary N) is 1. The van der Waals surface area contributed by atoms with E-state index in [1.807, 2.05) is 37.3 Å². The Morgan fingerprint density at radius 2 is 1.95 bits per heavy atom. The topological polar surface area (TPSA) is 58.5 Å². The van der Waals surface area contributed by atoms with Gasteiger partial charge in [0.25, 0.3) is 0 Å². The molecule has 3 rings (SSSR count). The molecule has 0 radical (unpaired) electrons. The van der Waals surface area contributed by atoms with E-state index in [1.54, 1.807) is 5.38 Å². The lowest BCUT2D eigenvalue weighted by molar-refractivity contribution is 0.601. The highest BCUT2D eigenvalue weighted by Crippen LogP contribution is 2.26. The van der Waals surface area contributed by atoms with E-state index in [9.17, 15) is 8.42 Å². The Kier molecular flexibility index (Phi) is 3.35. The maximum Gasteiger partial charge on any atom is 0.188 e. The molecule has 2 heterocycles. The standard InChI is InChI=1S/C14H14N2O2S2/c1-10-2-4-11(5-3-10)15-16-13-6-8-19-14-12(13)7-9-20(14,17)18/h2-6,8,15H,7,9H2,1H3. The molecule has 6 heteroatoms. The molecule has 0 aliphatic carbocycles. The number of nitrogens with zero attached hydrogens (tertiary/aromatic N) is 1. The highest BCUT2D eigenvalue weighted by Gasteiger charge is 2.27. The second-order valence-electron chi connectivity index (χ2n) is 4.73. The molecule has 0 atom stereocenters. The minimum absolute atomic E-state index is 0.190. The number of benzene rings is 1. The fourth-order valence-corrected chi connectivity index (χ4v) is 5.03. The Balaban J connectivity index is 1.98. The maximum atomic E-state index is 11.9. The lowest BCUT2D eigenvalue weighted by Gasteiger charge is -2.01. The second-order valence-corrected chi connectivity index (χ2v) is 7.95. The van der Waals surface area contributed by atoms with Gasteiger partial charge < -0.3 is 0 Å². The van der Waals surface area contributed by atoms with Crippen molar-refractivity contribution in [2.75, 3.05) is 11.2 Å². The first kappa shape index (κ1) is 13.3. The van der Waals surface area contributed by atoms with Crippen LogP contribution in [-0.2, 0) is 16.3 Å². The van der Waals surface area contributed by atoms with Gasteiger partial charge in [-0.05, 0) is 36.9 Å². The smallest absolute Gasteiger partial charge is 0.188 e. The van der Waals surface area contributed by atoms with Crippen molar-refractivity contribution in [2.45, 2.75) is 17.6 Å². The van der Waals surface area contributed by atoms with Crippen LogP contribution in [0.3, 0.4) is 0 Å². The third-order valence-corrected chi connectivity index (χ3v) is 6.55. The summed E-state index contributed by atoms with van der Waals surface area (Å²) in [6.45, 7) is 2.03. The SMILES string of the molecule is Cc1ccc(NN=c2ccsc3c2CCS3(=O)=O)cc1. The summed E-state index contributed by atoms with van der Waals surface area (Å²) in [6.07, 6.45) is 0.545. The minimum atomic E-state index is -3.09. The molecule has 0 unspecified atom stereocenters. The first-order chi connectivity index (χ1) is 9.56. The lowest BCUT2D eigenvalue weighted by atomic mass is 10.2. The van der Waals surface area contributed by atoms with Crippen molar-refractivity contribution in [2.24, 2.45) is 5.10 Å². The molecule has 1 aliphatic heterocycles. The molecule has 0 fully saturated rings. The fraction of sp³-hybridized carbons (Fsp3) is 0.214. The minimum Gasteiger partial charge on any atom is -0.278 e. The molecule has 0 saturated heterocycles. The zero-order valence-corrected chi connectivity index (χ0v) is 12.6. The first-order valence-electron chi connectivity index (χ1n) is 6.26. The van der Waals surface area contributed by atoms with E-state index in [0.29, 0.717) is 16.0 Å². The Morgan fingerprint density at radius 1 is 1.20 bits per heavy atom. The Hall–Kier alpha value is -1.66. The Morgan fingerprint density at radius 3 is 2.70 bits per heavy atom. The van der Waals surface area contributed by atoms with Crippen molar-refractivity contribution in [3.05, 3.63) is 52.2 Å². The molecule has 1 aliphatic rings. The Bertz CT molecular complexity index is 806. The van der Waals surface area contributed by atoms with Crippen LogP contribution in [0.15, 0.2) is 45.0 Å². The summed E-state index contributed by atoms with van der Waals surface area (Å²) in [6, 6.07) is 9.74. The Labute approximate surface area is 121 Å². The number of fused-ring (bicyclic) bond motifs is 1. The van der Waals surface area contributed by atoms with Crippen molar-refractivity contribution in [3.63, 3.8) is 0 Å². The van der Waals surface area contributed by atoms with E-state index < -0.39 is 9.84 Å². The summed E-state index contributed by atoms with van der Waals surface area (Å²) >= 11 is 1.27. The molecule has 0 bridgehead atoms. The van der Waals surface area contributed by atoms with Gasteiger partial charge in [-0.1, -0.05) is 17.7 Å². The molecule has 2 aromatic rings. The summed E-state index contributed by atoms with van der Waals surface area (Å²) < 4.78 is 24.2. The predicted molar refractivity (Wildman–Crippen MR) is 80.4 cm³/mol. The van der Waals surface area contributed by atoms with Crippen molar-refractivity contribution in [1.82, 2.24) is 0 Å². The van der Waals surface area contributed by atoms with E-state index in [1.165, 1.54) is 16.9 Å². The average molecular weight is 306 g/mol. The van der Waals surface area contributed by atoms with E-state index in [2.05, 4.69) is 10.5 Å². The van der Waals surface area contributed by atoms with E-state index in [0.717, 1.165) is 11.3 Å². The van der Waals surface area contributed by atoms with Crippen molar-refractivity contribution >= 4 is 26.9 Å². The highest BCUT2D eigenvalue weighted by atomic mass is 32.2. The summed E-state index contributed by atoms with van der Waals surface area (Å²) in [4.78, 5) is 0. The van der Waals surface area contributed by atoms with Crippen LogP contribution in [0, 0.1) is 6.92 Å². The highest BCUT2D eigenvalue weighted by molar-refractivity contribution is 7.93. The largest absolute Gasteiger partial charge is 0.278 e. The molecule has 1 N–H and O–H groups in total. The summed E-state index contributed by atoms with van der Waals surface area (Å²) in [5, 5.41) is 6.82. The molecule has 4 nitrogen and oxygen atoms in total. The number of aryl methyl sites for hydroxylation is 1. The van der Waals surface area contributed by atoms with Crippen LogP contribution in [0.25, 0.3) is 0 Å². The average Bonchev–Trinajstić information content (AvgIpc) is 2.75. The number of sulfone groups is 1. The quantitative estimate of drug-likeness (QED) is 0.866. The second kappa shape index (κ2) is 5.03. The normalized spacial score (nSPS) is 16.9. The zero-order chi connectivity index (χ0) is 14.2. The van der Waals surface area contributed by atoms with Gasteiger partial charge in [-0.25, -0.2) is 8.42 Å². The van der Waals surface area contributed by atoms with Gasteiger partial charge in [0.05, 0.1) is 16.8 Å². The predicted octanol–water partition coefficient (Wildman–Crippen LogP) is 2.31. The van der Waals surface area contributed by atoms with Crippen molar-refractivity contribution in [1.29, 1.82) is 0 Å². The van der Waals surface area contributed by atoms with Crippen LogP contribution in [0.5, 0.6) is 0 Å². The molecule has 1 aromatic heterocycles. The molecule has 0 spiro atoms. The fourth-order valence-electron chi connectivity index (χ4n) is 2.11. The number of hydrogen-bond acceptors (Lipinski definition) is 5.